The molecule has 22 heavy (non-hydrogen) atoms. The fraction of sp³-hybridized carbons (Fsp3) is 0.353. The molecule has 3 rings (SSSR count). The topological polar surface area (TPSA) is 37.3 Å². The Hall–Kier alpha value is -1.94. The number of carbonyl (C=O) groups is 1. The van der Waals surface area contributed by atoms with Gasteiger partial charge in [0.15, 0.2) is 0 Å². The molecule has 1 aliphatic rings. The van der Waals surface area contributed by atoms with Gasteiger partial charge in [0, 0.05) is 36.5 Å². The highest BCUT2D eigenvalue weighted by Gasteiger charge is 2.32. The molecule has 1 aliphatic carbocycles. The van der Waals surface area contributed by atoms with Crippen molar-refractivity contribution in [1.29, 1.82) is 0 Å². The molecule has 0 saturated heterocycles. The Morgan fingerprint density at radius 3 is 2.64 bits per heavy atom. The molecular weight excluding hydrogens is 298 g/mol. The van der Waals surface area contributed by atoms with Crippen molar-refractivity contribution in [2.45, 2.75) is 32.0 Å². The van der Waals surface area contributed by atoms with E-state index in [9.17, 15) is 4.79 Å². The molecule has 0 unspecified atom stereocenters. The van der Waals surface area contributed by atoms with Crippen molar-refractivity contribution >= 4 is 17.6 Å². The maximum absolute atomic E-state index is 12.5. The van der Waals surface area contributed by atoms with E-state index in [4.69, 9.17) is 11.6 Å². The van der Waals surface area contributed by atoms with Crippen LogP contribution in [0.5, 0.6) is 0 Å². The van der Waals surface area contributed by atoms with Crippen LogP contribution in [0.2, 0.25) is 5.02 Å². The molecule has 1 aromatic carbocycles. The zero-order valence-electron chi connectivity index (χ0n) is 12.6. The van der Waals surface area contributed by atoms with E-state index in [1.54, 1.807) is 0 Å². The van der Waals surface area contributed by atoms with Gasteiger partial charge in [0.2, 0.25) is 0 Å². The van der Waals surface area contributed by atoms with E-state index in [2.05, 4.69) is 16.0 Å². The van der Waals surface area contributed by atoms with Crippen molar-refractivity contribution in [3.8, 4) is 0 Å². The van der Waals surface area contributed by atoms with Crippen molar-refractivity contribution in [2.24, 2.45) is 7.05 Å². The van der Waals surface area contributed by atoms with Gasteiger partial charge in [0.05, 0.1) is 6.54 Å². The second-order valence-corrected chi connectivity index (χ2v) is 6.19. The molecule has 1 aromatic heterocycles. The SMILES string of the molecule is Cn1cccc1CN(C(=O)NCc1ccc(Cl)cc1)C1CC1. The number of carbonyl (C=O) groups excluding carboxylic acids is 1. The monoisotopic (exact) mass is 317 g/mol. The maximum Gasteiger partial charge on any atom is 0.318 e. The predicted molar refractivity (Wildman–Crippen MR) is 87.7 cm³/mol. The number of hydrogen-bond acceptors (Lipinski definition) is 1. The molecule has 116 valence electrons. The Labute approximate surface area is 135 Å². The van der Waals surface area contributed by atoms with Crippen LogP contribution in [0.1, 0.15) is 24.1 Å². The van der Waals surface area contributed by atoms with E-state index in [1.165, 1.54) is 0 Å². The van der Waals surface area contributed by atoms with Crippen LogP contribution in [0, 0.1) is 0 Å². The van der Waals surface area contributed by atoms with Crippen LogP contribution < -0.4 is 5.32 Å². The van der Waals surface area contributed by atoms with Crippen LogP contribution in [-0.2, 0) is 20.1 Å². The summed E-state index contributed by atoms with van der Waals surface area (Å²) in [5.74, 6) is 0. The second kappa shape index (κ2) is 6.44. The number of nitrogens with one attached hydrogen (secondary N) is 1. The molecule has 0 spiro atoms. The molecule has 1 heterocycles. The number of amides is 2. The van der Waals surface area contributed by atoms with E-state index in [-0.39, 0.29) is 6.03 Å². The first-order valence-corrected chi connectivity index (χ1v) is 7.90. The predicted octanol–water partition coefficient (Wildman–Crippen LogP) is 3.55. The lowest BCUT2D eigenvalue weighted by atomic mass is 10.2. The lowest BCUT2D eigenvalue weighted by Gasteiger charge is -2.23. The molecule has 0 atom stereocenters. The standard InChI is InChI=1S/C17H20ClN3O/c1-20-10-2-3-16(20)12-21(15-8-9-15)17(22)19-11-13-4-6-14(18)7-5-13/h2-7,10,15H,8-9,11-12H2,1H3,(H,19,22). The van der Waals surface area contributed by atoms with Crippen molar-refractivity contribution in [3.05, 3.63) is 58.9 Å². The smallest absolute Gasteiger partial charge is 0.318 e. The highest BCUT2D eigenvalue weighted by Crippen LogP contribution is 2.28. The minimum Gasteiger partial charge on any atom is -0.353 e. The summed E-state index contributed by atoms with van der Waals surface area (Å²) in [6.45, 7) is 1.17. The van der Waals surface area contributed by atoms with Crippen LogP contribution in [0.4, 0.5) is 4.79 Å². The fourth-order valence-corrected chi connectivity index (χ4v) is 2.60. The first-order chi connectivity index (χ1) is 10.6. The molecule has 0 radical (unpaired) electrons. The number of rotatable bonds is 5. The first-order valence-electron chi connectivity index (χ1n) is 7.52. The summed E-state index contributed by atoms with van der Waals surface area (Å²) in [6, 6.07) is 12.0. The molecule has 2 amide bonds. The van der Waals surface area contributed by atoms with Crippen molar-refractivity contribution < 1.29 is 4.79 Å². The van der Waals surface area contributed by atoms with Gasteiger partial charge in [0.25, 0.3) is 0 Å². The number of aromatic nitrogens is 1. The summed E-state index contributed by atoms with van der Waals surface area (Å²) in [5, 5.41) is 3.71. The quantitative estimate of drug-likeness (QED) is 0.899. The van der Waals surface area contributed by atoms with Gasteiger partial charge in [-0.2, -0.15) is 0 Å². The van der Waals surface area contributed by atoms with E-state index >= 15 is 0 Å². The van der Waals surface area contributed by atoms with E-state index in [0.717, 1.165) is 24.1 Å². The molecule has 1 fully saturated rings. The van der Waals surface area contributed by atoms with Crippen LogP contribution >= 0.6 is 11.6 Å². The Bertz CT molecular complexity index is 646. The van der Waals surface area contributed by atoms with Crippen molar-refractivity contribution in [2.75, 3.05) is 0 Å². The number of benzene rings is 1. The Balaban J connectivity index is 1.60. The molecular formula is C17H20ClN3O. The molecule has 1 saturated carbocycles. The summed E-state index contributed by atoms with van der Waals surface area (Å²) in [4.78, 5) is 14.4. The lowest BCUT2D eigenvalue weighted by Crippen LogP contribution is -2.40. The van der Waals surface area contributed by atoms with Crippen LogP contribution in [0.15, 0.2) is 42.6 Å². The first kappa shape index (κ1) is 15.0. The second-order valence-electron chi connectivity index (χ2n) is 5.75. The van der Waals surface area contributed by atoms with Gasteiger partial charge in [-0.3, -0.25) is 0 Å². The number of hydrogen-bond donors (Lipinski definition) is 1. The maximum atomic E-state index is 12.5. The van der Waals surface area contributed by atoms with Crippen LogP contribution in [-0.4, -0.2) is 21.5 Å². The van der Waals surface area contributed by atoms with Crippen molar-refractivity contribution in [3.63, 3.8) is 0 Å². The highest BCUT2D eigenvalue weighted by atomic mass is 35.5. The molecule has 4 nitrogen and oxygen atoms in total. The van der Waals surface area contributed by atoms with Crippen molar-refractivity contribution in [1.82, 2.24) is 14.8 Å². The molecule has 1 N–H and O–H groups in total. The summed E-state index contributed by atoms with van der Waals surface area (Å²) in [5.41, 5.74) is 2.20. The summed E-state index contributed by atoms with van der Waals surface area (Å²) < 4.78 is 2.06. The number of urea groups is 1. The van der Waals surface area contributed by atoms with E-state index in [0.29, 0.717) is 24.2 Å². The van der Waals surface area contributed by atoms with Crippen LogP contribution in [0.25, 0.3) is 0 Å². The Kier molecular flexibility index (Phi) is 4.39. The van der Waals surface area contributed by atoms with Gasteiger partial charge in [0.1, 0.15) is 0 Å². The summed E-state index contributed by atoms with van der Waals surface area (Å²) >= 11 is 5.87. The molecule has 5 heteroatoms. The van der Waals surface area contributed by atoms with Crippen LogP contribution in [0.3, 0.4) is 0 Å². The average Bonchev–Trinajstić information content (AvgIpc) is 3.27. The lowest BCUT2D eigenvalue weighted by molar-refractivity contribution is 0.190. The minimum absolute atomic E-state index is 0.00125. The Morgan fingerprint density at radius 2 is 2.05 bits per heavy atom. The molecule has 0 bridgehead atoms. The zero-order chi connectivity index (χ0) is 15.5. The zero-order valence-corrected chi connectivity index (χ0v) is 13.4. The minimum atomic E-state index is -0.00125. The third kappa shape index (κ3) is 3.63. The van der Waals surface area contributed by atoms with Gasteiger partial charge < -0.3 is 14.8 Å². The van der Waals surface area contributed by atoms with Gasteiger partial charge in [-0.25, -0.2) is 4.79 Å². The number of halogens is 1. The molecule has 2 aromatic rings. The largest absolute Gasteiger partial charge is 0.353 e. The fourth-order valence-electron chi connectivity index (χ4n) is 2.47. The van der Waals surface area contributed by atoms with Gasteiger partial charge >= 0.3 is 6.03 Å². The van der Waals surface area contributed by atoms with Gasteiger partial charge in [-0.05, 0) is 42.7 Å². The Morgan fingerprint density at radius 1 is 1.32 bits per heavy atom. The summed E-state index contributed by atoms with van der Waals surface area (Å²) in [7, 11) is 2.01. The van der Waals surface area contributed by atoms with Gasteiger partial charge in [-0.15, -0.1) is 0 Å². The van der Waals surface area contributed by atoms with E-state index < -0.39 is 0 Å². The van der Waals surface area contributed by atoms with E-state index in [1.807, 2.05) is 48.5 Å². The number of aryl methyl sites for hydroxylation is 1. The highest BCUT2D eigenvalue weighted by molar-refractivity contribution is 6.30. The van der Waals surface area contributed by atoms with Gasteiger partial charge in [-0.1, -0.05) is 23.7 Å². The third-order valence-corrected chi connectivity index (χ3v) is 4.24. The molecule has 0 aliphatic heterocycles. The summed E-state index contributed by atoms with van der Waals surface area (Å²) in [6.07, 6.45) is 4.20. The average molecular weight is 318 g/mol. The third-order valence-electron chi connectivity index (χ3n) is 3.99. The normalized spacial score (nSPS) is 13.9. The number of nitrogens with zero attached hydrogens (tertiary/aromatic N) is 2.